The Labute approximate surface area is 109 Å². The molecule has 20 heavy (non-hydrogen) atoms. The van der Waals surface area contributed by atoms with Crippen molar-refractivity contribution in [3.05, 3.63) is 29.7 Å². The summed E-state index contributed by atoms with van der Waals surface area (Å²) in [5, 5.41) is 14.4. The highest BCUT2D eigenvalue weighted by molar-refractivity contribution is 5.43. The molecule has 0 spiro atoms. The Bertz CT molecular complexity index is 786. The van der Waals surface area contributed by atoms with Gasteiger partial charge in [0.05, 0.1) is 5.69 Å². The SMILES string of the molecule is Cc1cc(N)n(-c2ccc3nnc(C(F)(F)F)n3n2)n1. The molecule has 3 heterocycles. The molecule has 0 amide bonds. The molecule has 10 heteroatoms. The molecule has 0 saturated carbocycles. The second-order valence-corrected chi connectivity index (χ2v) is 4.11. The summed E-state index contributed by atoms with van der Waals surface area (Å²) in [7, 11) is 0. The van der Waals surface area contributed by atoms with Crippen LogP contribution in [0.15, 0.2) is 18.2 Å². The Morgan fingerprint density at radius 2 is 1.90 bits per heavy atom. The molecule has 0 aliphatic heterocycles. The molecular weight excluding hydrogens is 275 g/mol. The molecular formula is C10H8F3N7. The number of nitrogens with two attached hydrogens (primary N) is 1. The number of nitrogens with zero attached hydrogens (tertiary/aromatic N) is 6. The van der Waals surface area contributed by atoms with Gasteiger partial charge in [-0.25, -0.2) is 0 Å². The Hall–Kier alpha value is -2.65. The number of nitrogen functional groups attached to an aromatic ring is 1. The second kappa shape index (κ2) is 3.92. The van der Waals surface area contributed by atoms with Crippen LogP contribution in [0.2, 0.25) is 0 Å². The Kier molecular flexibility index (Phi) is 2.43. The first kappa shape index (κ1) is 12.4. The van der Waals surface area contributed by atoms with Crippen LogP contribution >= 0.6 is 0 Å². The molecule has 0 bridgehead atoms. The molecule has 0 atom stereocenters. The van der Waals surface area contributed by atoms with Crippen molar-refractivity contribution in [1.82, 2.24) is 29.6 Å². The second-order valence-electron chi connectivity index (χ2n) is 4.11. The predicted octanol–water partition coefficient (Wildman–Crippen LogP) is 1.22. The molecule has 0 saturated heterocycles. The van der Waals surface area contributed by atoms with Crippen molar-refractivity contribution in [2.75, 3.05) is 5.73 Å². The minimum atomic E-state index is -4.64. The molecule has 0 aromatic carbocycles. The number of alkyl halides is 3. The largest absolute Gasteiger partial charge is 0.453 e. The summed E-state index contributed by atoms with van der Waals surface area (Å²) in [6, 6.07) is 4.41. The monoisotopic (exact) mass is 283 g/mol. The lowest BCUT2D eigenvalue weighted by atomic mass is 10.5. The number of anilines is 1. The van der Waals surface area contributed by atoms with Crippen molar-refractivity contribution in [2.24, 2.45) is 0 Å². The van der Waals surface area contributed by atoms with Crippen LogP contribution in [0.25, 0.3) is 11.5 Å². The number of hydrogen-bond acceptors (Lipinski definition) is 5. The van der Waals surface area contributed by atoms with Gasteiger partial charge in [0, 0.05) is 6.07 Å². The van der Waals surface area contributed by atoms with Crippen molar-refractivity contribution < 1.29 is 13.2 Å². The summed E-state index contributed by atoms with van der Waals surface area (Å²) in [6.45, 7) is 1.71. The summed E-state index contributed by atoms with van der Waals surface area (Å²) in [6.07, 6.45) is -4.64. The van der Waals surface area contributed by atoms with Crippen LogP contribution in [0.4, 0.5) is 19.0 Å². The van der Waals surface area contributed by atoms with Gasteiger partial charge in [0.1, 0.15) is 5.82 Å². The van der Waals surface area contributed by atoms with E-state index in [2.05, 4.69) is 20.4 Å². The molecule has 3 aromatic heterocycles. The van der Waals surface area contributed by atoms with Gasteiger partial charge in [-0.05, 0) is 19.1 Å². The van der Waals surface area contributed by atoms with Gasteiger partial charge in [0.2, 0.25) is 0 Å². The molecule has 0 aliphatic carbocycles. The number of aromatic nitrogens is 6. The van der Waals surface area contributed by atoms with Crippen molar-refractivity contribution in [3.8, 4) is 5.82 Å². The zero-order valence-corrected chi connectivity index (χ0v) is 10.1. The van der Waals surface area contributed by atoms with Crippen LogP contribution in [0.1, 0.15) is 11.5 Å². The van der Waals surface area contributed by atoms with E-state index in [0.717, 1.165) is 0 Å². The third-order valence-corrected chi connectivity index (χ3v) is 2.58. The van der Waals surface area contributed by atoms with Gasteiger partial charge in [-0.2, -0.15) is 27.5 Å². The average Bonchev–Trinajstić information content (AvgIpc) is 2.90. The molecule has 7 nitrogen and oxygen atoms in total. The van der Waals surface area contributed by atoms with E-state index in [0.29, 0.717) is 10.2 Å². The average molecular weight is 283 g/mol. The van der Waals surface area contributed by atoms with E-state index >= 15 is 0 Å². The highest BCUT2D eigenvalue weighted by Crippen LogP contribution is 2.27. The highest BCUT2D eigenvalue weighted by atomic mass is 19.4. The normalized spacial score (nSPS) is 12.2. The van der Waals surface area contributed by atoms with Crippen molar-refractivity contribution in [3.63, 3.8) is 0 Å². The van der Waals surface area contributed by atoms with Gasteiger partial charge in [-0.1, -0.05) is 0 Å². The van der Waals surface area contributed by atoms with Crippen LogP contribution in [0, 0.1) is 6.92 Å². The van der Waals surface area contributed by atoms with Crippen molar-refractivity contribution in [1.29, 1.82) is 0 Å². The summed E-state index contributed by atoms with van der Waals surface area (Å²) < 4.78 is 40.1. The molecule has 0 fully saturated rings. The van der Waals surface area contributed by atoms with Gasteiger partial charge < -0.3 is 5.73 Å². The lowest BCUT2D eigenvalue weighted by Gasteiger charge is -2.06. The van der Waals surface area contributed by atoms with E-state index in [-0.39, 0.29) is 17.3 Å². The van der Waals surface area contributed by atoms with Crippen LogP contribution in [-0.4, -0.2) is 29.6 Å². The summed E-state index contributed by atoms with van der Waals surface area (Å²) in [4.78, 5) is 0. The maximum absolute atomic E-state index is 12.8. The molecule has 104 valence electrons. The van der Waals surface area contributed by atoms with Gasteiger partial charge in [-0.3, -0.25) is 0 Å². The fourth-order valence-corrected chi connectivity index (χ4v) is 1.77. The van der Waals surface area contributed by atoms with Crippen molar-refractivity contribution in [2.45, 2.75) is 13.1 Å². The first-order valence-electron chi connectivity index (χ1n) is 5.48. The Balaban J connectivity index is 2.22. The maximum Gasteiger partial charge on any atom is 0.453 e. The fourth-order valence-electron chi connectivity index (χ4n) is 1.77. The molecule has 0 radical (unpaired) electrons. The number of fused-ring (bicyclic) bond motifs is 1. The molecule has 3 rings (SSSR count). The maximum atomic E-state index is 12.8. The summed E-state index contributed by atoms with van der Waals surface area (Å²) in [5.74, 6) is -0.777. The minimum absolute atomic E-state index is 0.0106. The molecule has 2 N–H and O–H groups in total. The zero-order chi connectivity index (χ0) is 14.5. The number of halogens is 3. The van der Waals surface area contributed by atoms with Crippen LogP contribution in [0.5, 0.6) is 0 Å². The standard InChI is InChI=1S/C10H8F3N7/c1-5-4-6(14)19(17-5)8-3-2-7-15-16-9(10(11,12)13)20(7)18-8/h2-4H,14H2,1H3. The molecule has 0 aliphatic rings. The smallest absolute Gasteiger partial charge is 0.384 e. The van der Waals surface area contributed by atoms with E-state index in [1.165, 1.54) is 16.8 Å². The first-order chi connectivity index (χ1) is 9.36. The number of hydrogen-bond donors (Lipinski definition) is 1. The quantitative estimate of drug-likeness (QED) is 0.725. The van der Waals surface area contributed by atoms with E-state index < -0.39 is 12.0 Å². The fraction of sp³-hybridized carbons (Fsp3) is 0.200. The molecule has 0 unspecified atom stereocenters. The van der Waals surface area contributed by atoms with Gasteiger partial charge >= 0.3 is 6.18 Å². The van der Waals surface area contributed by atoms with E-state index in [1.807, 2.05) is 0 Å². The third-order valence-electron chi connectivity index (χ3n) is 2.58. The molecule has 3 aromatic rings. The van der Waals surface area contributed by atoms with Crippen LogP contribution in [-0.2, 0) is 6.18 Å². The minimum Gasteiger partial charge on any atom is -0.384 e. The zero-order valence-electron chi connectivity index (χ0n) is 10.1. The van der Waals surface area contributed by atoms with Gasteiger partial charge in [-0.15, -0.1) is 15.3 Å². The highest BCUT2D eigenvalue weighted by Gasteiger charge is 2.37. The van der Waals surface area contributed by atoms with Gasteiger partial charge in [0.15, 0.2) is 11.5 Å². The lowest BCUT2D eigenvalue weighted by molar-refractivity contribution is -0.146. The summed E-state index contributed by atoms with van der Waals surface area (Å²) in [5.41, 5.74) is 6.33. The van der Waals surface area contributed by atoms with Crippen molar-refractivity contribution >= 4 is 11.5 Å². The third kappa shape index (κ3) is 1.85. The van der Waals surface area contributed by atoms with Gasteiger partial charge in [0.25, 0.3) is 5.82 Å². The number of rotatable bonds is 1. The van der Waals surface area contributed by atoms with Crippen LogP contribution < -0.4 is 5.73 Å². The number of aryl methyl sites for hydroxylation is 1. The first-order valence-corrected chi connectivity index (χ1v) is 5.48. The lowest BCUT2D eigenvalue weighted by Crippen LogP contribution is -2.14. The van der Waals surface area contributed by atoms with E-state index in [9.17, 15) is 13.2 Å². The van der Waals surface area contributed by atoms with E-state index in [1.54, 1.807) is 13.0 Å². The Morgan fingerprint density at radius 1 is 1.15 bits per heavy atom. The van der Waals surface area contributed by atoms with Crippen LogP contribution in [0.3, 0.4) is 0 Å². The Morgan fingerprint density at radius 3 is 2.50 bits per heavy atom. The van der Waals surface area contributed by atoms with E-state index in [4.69, 9.17) is 5.73 Å². The topological polar surface area (TPSA) is 86.9 Å². The predicted molar refractivity (Wildman–Crippen MR) is 62.1 cm³/mol. The summed E-state index contributed by atoms with van der Waals surface area (Å²) >= 11 is 0.